The van der Waals surface area contributed by atoms with Gasteiger partial charge in [0.05, 0.1) is 17.2 Å². The maximum Gasteiger partial charge on any atom is 0.265 e. The van der Waals surface area contributed by atoms with Crippen LogP contribution in [0.25, 0.3) is 10.1 Å². The first-order valence-electron chi connectivity index (χ1n) is 7.68. The first kappa shape index (κ1) is 17.0. The van der Waals surface area contributed by atoms with Crippen molar-refractivity contribution in [2.24, 2.45) is 0 Å². The average molecular weight is 360 g/mol. The number of halogens is 1. The summed E-state index contributed by atoms with van der Waals surface area (Å²) in [5.74, 6) is -0.177. The Kier molecular flexibility index (Phi) is 4.90. The van der Waals surface area contributed by atoms with Crippen molar-refractivity contribution in [3.8, 4) is 0 Å². The molecule has 0 spiro atoms. The average Bonchev–Trinajstić information content (AvgIpc) is 2.97. The zero-order valence-corrected chi connectivity index (χ0v) is 15.0. The molecule has 3 rings (SSSR count). The van der Waals surface area contributed by atoms with Crippen molar-refractivity contribution in [1.82, 2.24) is 4.90 Å². The van der Waals surface area contributed by atoms with Gasteiger partial charge in [0.2, 0.25) is 0 Å². The molecular weight excluding hydrogens is 342 g/mol. The largest absolute Gasteiger partial charge is 0.386 e. The van der Waals surface area contributed by atoms with Crippen LogP contribution in [0.5, 0.6) is 0 Å². The van der Waals surface area contributed by atoms with Crippen molar-refractivity contribution in [2.75, 3.05) is 7.05 Å². The maximum atomic E-state index is 12.9. The molecule has 2 atom stereocenters. The van der Waals surface area contributed by atoms with Gasteiger partial charge in [-0.05, 0) is 18.6 Å². The number of aliphatic hydroxyl groups is 1. The third-order valence-corrected chi connectivity index (χ3v) is 5.92. The van der Waals surface area contributed by atoms with Crippen molar-refractivity contribution in [3.63, 3.8) is 0 Å². The van der Waals surface area contributed by atoms with E-state index in [-0.39, 0.29) is 11.9 Å². The van der Waals surface area contributed by atoms with Gasteiger partial charge in [0, 0.05) is 17.1 Å². The molecule has 0 fully saturated rings. The summed E-state index contributed by atoms with van der Waals surface area (Å²) in [5, 5.41) is 11.9. The molecule has 1 heterocycles. The Balaban J connectivity index is 1.87. The monoisotopic (exact) mass is 359 g/mol. The van der Waals surface area contributed by atoms with Crippen molar-refractivity contribution >= 4 is 38.9 Å². The second-order valence-electron chi connectivity index (χ2n) is 5.75. The van der Waals surface area contributed by atoms with E-state index in [0.717, 1.165) is 15.6 Å². The predicted molar refractivity (Wildman–Crippen MR) is 99.8 cm³/mol. The fourth-order valence-corrected chi connectivity index (χ4v) is 4.13. The van der Waals surface area contributed by atoms with Gasteiger partial charge in [-0.1, -0.05) is 60.1 Å². The third-order valence-electron chi connectivity index (χ3n) is 4.26. The molecule has 24 heavy (non-hydrogen) atoms. The lowest BCUT2D eigenvalue weighted by molar-refractivity contribution is 0.0491. The van der Waals surface area contributed by atoms with Crippen LogP contribution in [0.3, 0.4) is 0 Å². The summed E-state index contributed by atoms with van der Waals surface area (Å²) in [6, 6.07) is 16.7. The van der Waals surface area contributed by atoms with E-state index in [1.54, 1.807) is 11.9 Å². The second-order valence-corrected chi connectivity index (χ2v) is 7.18. The second kappa shape index (κ2) is 6.93. The molecule has 0 saturated heterocycles. The zero-order valence-electron chi connectivity index (χ0n) is 13.4. The fraction of sp³-hybridized carbons (Fsp3) is 0.211. The van der Waals surface area contributed by atoms with Gasteiger partial charge in [0.15, 0.2) is 0 Å². The minimum atomic E-state index is -0.756. The van der Waals surface area contributed by atoms with Crippen LogP contribution in [-0.4, -0.2) is 29.0 Å². The van der Waals surface area contributed by atoms with E-state index in [1.165, 1.54) is 11.3 Å². The Bertz CT molecular complexity index is 862. The molecule has 1 N–H and O–H groups in total. The minimum Gasteiger partial charge on any atom is -0.386 e. The summed E-state index contributed by atoms with van der Waals surface area (Å²) >= 11 is 7.78. The Labute approximate surface area is 150 Å². The van der Waals surface area contributed by atoms with Crippen LogP contribution in [0.1, 0.15) is 28.3 Å². The van der Waals surface area contributed by atoms with Crippen molar-refractivity contribution in [3.05, 3.63) is 70.1 Å². The number of benzene rings is 2. The van der Waals surface area contributed by atoms with E-state index < -0.39 is 6.10 Å². The molecule has 0 saturated carbocycles. The van der Waals surface area contributed by atoms with Crippen LogP contribution in [0.2, 0.25) is 5.02 Å². The number of carbonyl (C=O) groups excluding carboxylic acids is 1. The van der Waals surface area contributed by atoms with Crippen molar-refractivity contribution < 1.29 is 9.90 Å². The van der Waals surface area contributed by atoms with E-state index in [1.807, 2.05) is 61.5 Å². The number of hydrogen-bond acceptors (Lipinski definition) is 3. The number of carbonyl (C=O) groups is 1. The van der Waals surface area contributed by atoms with Crippen LogP contribution >= 0.6 is 22.9 Å². The summed E-state index contributed by atoms with van der Waals surface area (Å²) in [6.07, 6.45) is -0.756. The fourth-order valence-electron chi connectivity index (χ4n) is 2.64. The Hall–Kier alpha value is -1.88. The highest BCUT2D eigenvalue weighted by Gasteiger charge is 2.27. The summed E-state index contributed by atoms with van der Waals surface area (Å²) < 4.78 is 0.982. The molecule has 3 aromatic rings. The number of likely N-dealkylation sites (N-methyl/N-ethyl adjacent to an activating group) is 1. The molecule has 0 radical (unpaired) electrons. The lowest BCUT2D eigenvalue weighted by atomic mass is 10.0. The molecule has 2 unspecified atom stereocenters. The number of aliphatic hydroxyl groups excluding tert-OH is 1. The van der Waals surface area contributed by atoms with Gasteiger partial charge >= 0.3 is 0 Å². The van der Waals surface area contributed by atoms with Crippen molar-refractivity contribution in [2.45, 2.75) is 19.1 Å². The summed E-state index contributed by atoms with van der Waals surface area (Å²) in [4.78, 5) is 14.9. The first-order valence-corrected chi connectivity index (χ1v) is 8.87. The predicted octanol–water partition coefficient (Wildman–Crippen LogP) is 4.75. The highest BCUT2D eigenvalue weighted by Crippen LogP contribution is 2.36. The van der Waals surface area contributed by atoms with E-state index >= 15 is 0 Å². The molecule has 0 bridgehead atoms. The molecule has 1 aromatic heterocycles. The van der Waals surface area contributed by atoms with Gasteiger partial charge in [-0.15, -0.1) is 11.3 Å². The van der Waals surface area contributed by atoms with Gasteiger partial charge in [0.25, 0.3) is 5.91 Å². The van der Waals surface area contributed by atoms with E-state index in [4.69, 9.17) is 11.6 Å². The van der Waals surface area contributed by atoms with E-state index in [0.29, 0.717) is 9.90 Å². The number of fused-ring (bicyclic) bond motifs is 1. The van der Waals surface area contributed by atoms with Gasteiger partial charge in [-0.25, -0.2) is 0 Å². The summed E-state index contributed by atoms with van der Waals surface area (Å²) in [7, 11) is 1.69. The quantitative estimate of drug-likeness (QED) is 0.730. The van der Waals surface area contributed by atoms with Gasteiger partial charge < -0.3 is 10.0 Å². The highest BCUT2D eigenvalue weighted by atomic mass is 35.5. The van der Waals surface area contributed by atoms with Gasteiger partial charge in [-0.3, -0.25) is 4.79 Å². The van der Waals surface area contributed by atoms with Crippen LogP contribution < -0.4 is 0 Å². The number of thiophene rings is 1. The third kappa shape index (κ3) is 3.05. The molecule has 2 aromatic carbocycles. The van der Waals surface area contributed by atoms with Crippen molar-refractivity contribution in [1.29, 1.82) is 0 Å². The van der Waals surface area contributed by atoms with E-state index in [2.05, 4.69) is 0 Å². The van der Waals surface area contributed by atoms with E-state index in [9.17, 15) is 9.90 Å². The molecule has 0 aliphatic heterocycles. The minimum absolute atomic E-state index is 0.177. The molecule has 3 nitrogen and oxygen atoms in total. The SMILES string of the molecule is CC(C(O)c1ccccc1)N(C)C(=O)c1sc2ccccc2c1Cl. The summed E-state index contributed by atoms with van der Waals surface area (Å²) in [5.41, 5.74) is 0.784. The Morgan fingerprint density at radius 2 is 1.75 bits per heavy atom. The topological polar surface area (TPSA) is 40.5 Å². The Morgan fingerprint density at radius 1 is 1.12 bits per heavy atom. The molecule has 124 valence electrons. The lowest BCUT2D eigenvalue weighted by Crippen LogP contribution is -2.38. The number of nitrogens with zero attached hydrogens (tertiary/aromatic N) is 1. The zero-order chi connectivity index (χ0) is 17.3. The lowest BCUT2D eigenvalue weighted by Gasteiger charge is -2.29. The van der Waals surface area contributed by atoms with Crippen LogP contribution in [-0.2, 0) is 0 Å². The van der Waals surface area contributed by atoms with Crippen LogP contribution in [0.15, 0.2) is 54.6 Å². The standard InChI is InChI=1S/C19H18ClNO2S/c1-12(17(22)13-8-4-3-5-9-13)21(2)19(23)18-16(20)14-10-6-7-11-15(14)24-18/h3-12,17,22H,1-2H3. The molecular formula is C19H18ClNO2S. The van der Waals surface area contributed by atoms with Crippen LogP contribution in [0, 0.1) is 0 Å². The number of rotatable bonds is 4. The smallest absolute Gasteiger partial charge is 0.265 e. The molecule has 5 heteroatoms. The Morgan fingerprint density at radius 3 is 2.42 bits per heavy atom. The maximum absolute atomic E-state index is 12.9. The number of amides is 1. The molecule has 1 amide bonds. The normalized spacial score (nSPS) is 13.7. The first-order chi connectivity index (χ1) is 11.5. The molecule has 0 aliphatic rings. The van der Waals surface area contributed by atoms with Gasteiger partial charge in [0.1, 0.15) is 4.88 Å². The summed E-state index contributed by atoms with van der Waals surface area (Å²) in [6.45, 7) is 1.83. The van der Waals surface area contributed by atoms with Gasteiger partial charge in [-0.2, -0.15) is 0 Å². The highest BCUT2D eigenvalue weighted by molar-refractivity contribution is 7.21. The molecule has 0 aliphatic carbocycles. The number of hydrogen-bond donors (Lipinski definition) is 1. The van der Waals surface area contributed by atoms with Crippen LogP contribution in [0.4, 0.5) is 0 Å².